The molecule has 1 saturated heterocycles. The molecule has 3 heterocycles. The summed E-state index contributed by atoms with van der Waals surface area (Å²) in [5, 5.41) is 3.35. The number of H-pyrrole nitrogens is 1. The molecule has 0 spiro atoms. The molecule has 5 rings (SSSR count). The summed E-state index contributed by atoms with van der Waals surface area (Å²) in [7, 11) is 2.21. The van der Waals surface area contributed by atoms with Crippen LogP contribution in [-0.2, 0) is 25.8 Å². The zero-order valence-electron chi connectivity index (χ0n) is 19.7. The van der Waals surface area contributed by atoms with Gasteiger partial charge in [0, 0.05) is 43.6 Å². The second kappa shape index (κ2) is 11.4. The SMILES string of the molecule is CCNCc1nc2c([nH]1)CC=CC=C2N1CCCN(C)CC1.c1cnc2c(c1)CCCC2. The van der Waals surface area contributed by atoms with Crippen molar-refractivity contribution in [2.75, 3.05) is 39.8 Å². The Balaban J connectivity index is 0.000000203. The van der Waals surface area contributed by atoms with Gasteiger partial charge in [0.2, 0.25) is 0 Å². The van der Waals surface area contributed by atoms with Crippen molar-refractivity contribution < 1.29 is 0 Å². The number of pyridine rings is 1. The van der Waals surface area contributed by atoms with Gasteiger partial charge in [-0.25, -0.2) is 4.98 Å². The number of imidazole rings is 1. The minimum absolute atomic E-state index is 0.809. The van der Waals surface area contributed by atoms with E-state index in [4.69, 9.17) is 4.98 Å². The van der Waals surface area contributed by atoms with Crippen molar-refractivity contribution in [1.29, 1.82) is 0 Å². The van der Waals surface area contributed by atoms with Crippen molar-refractivity contribution in [2.45, 2.75) is 52.0 Å². The van der Waals surface area contributed by atoms with Crippen molar-refractivity contribution >= 4 is 5.70 Å². The molecule has 2 aliphatic carbocycles. The van der Waals surface area contributed by atoms with E-state index in [1.54, 1.807) is 0 Å². The van der Waals surface area contributed by atoms with Gasteiger partial charge < -0.3 is 20.1 Å². The Morgan fingerprint density at radius 3 is 2.88 bits per heavy atom. The molecule has 0 aromatic carbocycles. The first-order chi connectivity index (χ1) is 15.7. The minimum atomic E-state index is 0.809. The van der Waals surface area contributed by atoms with Crippen LogP contribution in [0, 0.1) is 0 Å². The van der Waals surface area contributed by atoms with Gasteiger partial charge >= 0.3 is 0 Å². The molecule has 0 unspecified atom stereocenters. The van der Waals surface area contributed by atoms with E-state index in [2.05, 4.69) is 63.4 Å². The number of aromatic amines is 1. The predicted octanol–water partition coefficient (Wildman–Crippen LogP) is 3.57. The number of nitrogens with one attached hydrogen (secondary N) is 2. The number of allylic oxidation sites excluding steroid dienone is 3. The van der Waals surface area contributed by atoms with Crippen LogP contribution in [-0.4, -0.2) is 64.5 Å². The fourth-order valence-corrected chi connectivity index (χ4v) is 4.65. The molecule has 6 heteroatoms. The summed E-state index contributed by atoms with van der Waals surface area (Å²) in [6.45, 7) is 8.37. The number of hydrogen-bond acceptors (Lipinski definition) is 5. The van der Waals surface area contributed by atoms with Crippen LogP contribution in [0.15, 0.2) is 36.6 Å². The lowest BCUT2D eigenvalue weighted by atomic mass is 9.96. The van der Waals surface area contributed by atoms with Crippen LogP contribution in [0.25, 0.3) is 5.70 Å². The zero-order chi connectivity index (χ0) is 22.2. The van der Waals surface area contributed by atoms with E-state index in [-0.39, 0.29) is 0 Å². The monoisotopic (exact) mass is 434 g/mol. The lowest BCUT2D eigenvalue weighted by molar-refractivity contribution is 0.342. The Labute approximate surface area is 192 Å². The first kappa shape index (κ1) is 22.7. The van der Waals surface area contributed by atoms with Crippen molar-refractivity contribution in [3.05, 3.63) is 65.0 Å². The highest BCUT2D eigenvalue weighted by molar-refractivity contribution is 5.66. The number of nitrogens with zero attached hydrogens (tertiary/aromatic N) is 4. The summed E-state index contributed by atoms with van der Waals surface area (Å²) in [4.78, 5) is 17.6. The Hall–Kier alpha value is -2.44. The average molecular weight is 435 g/mol. The fourth-order valence-electron chi connectivity index (χ4n) is 4.65. The number of aromatic nitrogens is 3. The second-order valence-corrected chi connectivity index (χ2v) is 8.94. The quantitative estimate of drug-likeness (QED) is 0.770. The first-order valence-corrected chi connectivity index (χ1v) is 12.3. The lowest BCUT2D eigenvalue weighted by Crippen LogP contribution is -2.28. The van der Waals surface area contributed by atoms with Gasteiger partial charge in [0.15, 0.2) is 0 Å². The molecule has 1 aliphatic heterocycles. The molecule has 6 nitrogen and oxygen atoms in total. The molecular formula is C26H38N6. The third-order valence-electron chi connectivity index (χ3n) is 6.48. The van der Waals surface area contributed by atoms with E-state index < -0.39 is 0 Å². The summed E-state index contributed by atoms with van der Waals surface area (Å²) in [5.74, 6) is 1.04. The normalized spacial score (nSPS) is 18.6. The third-order valence-corrected chi connectivity index (χ3v) is 6.48. The Bertz CT molecular complexity index is 903. The minimum Gasteiger partial charge on any atom is -0.368 e. The Morgan fingerprint density at radius 2 is 2.00 bits per heavy atom. The van der Waals surface area contributed by atoms with Crippen LogP contribution >= 0.6 is 0 Å². The maximum Gasteiger partial charge on any atom is 0.121 e. The van der Waals surface area contributed by atoms with Crippen LogP contribution in [0.3, 0.4) is 0 Å². The summed E-state index contributed by atoms with van der Waals surface area (Å²) in [6.07, 6.45) is 15.7. The molecule has 2 aromatic heterocycles. The fraction of sp³-hybridized carbons (Fsp3) is 0.538. The highest BCUT2D eigenvalue weighted by Gasteiger charge is 2.21. The third kappa shape index (κ3) is 5.87. The van der Waals surface area contributed by atoms with E-state index in [0.29, 0.717) is 0 Å². The highest BCUT2D eigenvalue weighted by Crippen LogP contribution is 2.25. The van der Waals surface area contributed by atoms with Crippen LogP contribution in [0.4, 0.5) is 0 Å². The number of fused-ring (bicyclic) bond motifs is 2. The van der Waals surface area contributed by atoms with Gasteiger partial charge in [-0.1, -0.05) is 25.1 Å². The Morgan fingerprint density at radius 1 is 1.09 bits per heavy atom. The number of hydrogen-bond donors (Lipinski definition) is 2. The molecule has 0 atom stereocenters. The van der Waals surface area contributed by atoms with E-state index in [1.807, 2.05) is 12.3 Å². The predicted molar refractivity (Wildman–Crippen MR) is 131 cm³/mol. The number of rotatable bonds is 4. The van der Waals surface area contributed by atoms with Crippen LogP contribution in [0.1, 0.15) is 54.7 Å². The van der Waals surface area contributed by atoms with E-state index in [0.717, 1.165) is 50.7 Å². The zero-order valence-corrected chi connectivity index (χ0v) is 19.7. The smallest absolute Gasteiger partial charge is 0.121 e. The summed E-state index contributed by atoms with van der Waals surface area (Å²) in [6, 6.07) is 4.23. The number of likely N-dealkylation sites (N-methyl/N-ethyl adjacent to an activating group) is 1. The van der Waals surface area contributed by atoms with Gasteiger partial charge in [-0.2, -0.15) is 0 Å². The van der Waals surface area contributed by atoms with Crippen LogP contribution in [0.5, 0.6) is 0 Å². The van der Waals surface area contributed by atoms with Crippen molar-refractivity contribution in [3.8, 4) is 0 Å². The van der Waals surface area contributed by atoms with Gasteiger partial charge in [-0.15, -0.1) is 0 Å². The second-order valence-electron chi connectivity index (χ2n) is 8.94. The topological polar surface area (TPSA) is 60.1 Å². The summed E-state index contributed by atoms with van der Waals surface area (Å²) >= 11 is 0. The molecule has 2 N–H and O–H groups in total. The van der Waals surface area contributed by atoms with Crippen molar-refractivity contribution in [2.24, 2.45) is 0 Å². The molecule has 0 radical (unpaired) electrons. The standard InChI is InChI=1S/C17H27N5.C9H11N/c1-3-18-13-16-19-14-7-4-5-8-15(17(14)20-16)22-10-6-9-21(2)11-12-22;1-2-6-9-8(4-1)5-3-7-10-9/h4-5,8,18H,3,6-7,9-13H2,1-2H3,(H,19,20);3,5,7H,1-2,4,6H2. The molecule has 32 heavy (non-hydrogen) atoms. The maximum atomic E-state index is 4.87. The molecule has 0 bridgehead atoms. The Kier molecular flexibility index (Phi) is 8.13. The van der Waals surface area contributed by atoms with E-state index in [1.165, 1.54) is 61.3 Å². The van der Waals surface area contributed by atoms with Crippen LogP contribution in [0.2, 0.25) is 0 Å². The van der Waals surface area contributed by atoms with Gasteiger partial charge in [0.1, 0.15) is 11.5 Å². The molecule has 2 aromatic rings. The van der Waals surface area contributed by atoms with E-state index in [9.17, 15) is 0 Å². The molecular weight excluding hydrogens is 396 g/mol. The lowest BCUT2D eigenvalue weighted by Gasteiger charge is -2.25. The first-order valence-electron chi connectivity index (χ1n) is 12.3. The van der Waals surface area contributed by atoms with Gasteiger partial charge in [-0.3, -0.25) is 4.98 Å². The molecule has 1 fully saturated rings. The van der Waals surface area contributed by atoms with Gasteiger partial charge in [0.25, 0.3) is 0 Å². The largest absolute Gasteiger partial charge is 0.368 e. The van der Waals surface area contributed by atoms with Crippen molar-refractivity contribution in [1.82, 2.24) is 30.1 Å². The van der Waals surface area contributed by atoms with Crippen molar-refractivity contribution in [3.63, 3.8) is 0 Å². The molecule has 0 amide bonds. The maximum absolute atomic E-state index is 4.87. The highest BCUT2D eigenvalue weighted by atomic mass is 15.2. The summed E-state index contributed by atoms with van der Waals surface area (Å²) in [5.41, 5.74) is 6.45. The van der Waals surface area contributed by atoms with E-state index >= 15 is 0 Å². The summed E-state index contributed by atoms with van der Waals surface area (Å²) < 4.78 is 0. The number of aryl methyl sites for hydroxylation is 2. The molecule has 172 valence electrons. The molecule has 0 saturated carbocycles. The molecule has 3 aliphatic rings. The average Bonchev–Trinajstić information content (AvgIpc) is 2.96. The van der Waals surface area contributed by atoms with Gasteiger partial charge in [0.05, 0.1) is 12.2 Å². The van der Waals surface area contributed by atoms with Gasteiger partial charge in [-0.05, 0) is 69.9 Å². The van der Waals surface area contributed by atoms with Crippen LogP contribution < -0.4 is 5.32 Å².